The number of nitrogens with zero attached hydrogens (tertiary/aromatic N) is 1. The third-order valence-electron chi connectivity index (χ3n) is 3.32. The van der Waals surface area contributed by atoms with Crippen LogP contribution in [-0.4, -0.2) is 15.2 Å². The molecular weight excluding hydrogens is 306 g/mol. The number of ether oxygens (including phenoxy) is 2. The van der Waals surface area contributed by atoms with E-state index in [2.05, 4.69) is 4.98 Å². The summed E-state index contributed by atoms with van der Waals surface area (Å²) in [4.78, 5) is 4.42. The number of aromatic hydroxyl groups is 2. The summed E-state index contributed by atoms with van der Waals surface area (Å²) in [6.45, 7) is 2.00. The maximum Gasteiger partial charge on any atom is 0.223 e. The van der Waals surface area contributed by atoms with Crippen LogP contribution in [0.25, 0.3) is 0 Å². The van der Waals surface area contributed by atoms with E-state index in [0.29, 0.717) is 23.1 Å². The molecule has 0 atom stereocenters. The van der Waals surface area contributed by atoms with Crippen molar-refractivity contribution in [2.24, 2.45) is 0 Å². The van der Waals surface area contributed by atoms with Gasteiger partial charge in [0.25, 0.3) is 0 Å². The summed E-state index contributed by atoms with van der Waals surface area (Å²) >= 11 is 0. The molecule has 0 bridgehead atoms. The molecule has 3 rings (SSSR count). The number of rotatable bonds is 5. The molecule has 0 aliphatic rings. The molecule has 24 heavy (non-hydrogen) atoms. The molecule has 1 aromatic heterocycles. The Balaban J connectivity index is 1.84. The van der Waals surface area contributed by atoms with E-state index in [1.165, 1.54) is 0 Å². The van der Waals surface area contributed by atoms with Gasteiger partial charge in [0.05, 0.1) is 0 Å². The zero-order valence-electron chi connectivity index (χ0n) is 13.1. The van der Waals surface area contributed by atoms with Gasteiger partial charge in [0, 0.05) is 17.8 Å². The number of aromatic nitrogens is 1. The van der Waals surface area contributed by atoms with Crippen molar-refractivity contribution < 1.29 is 19.7 Å². The first-order valence-electron chi connectivity index (χ1n) is 7.57. The van der Waals surface area contributed by atoms with Crippen molar-refractivity contribution >= 4 is 0 Å². The standard InChI is InChI=1S/C19H17NO4/c1-2-13-11-18(23-16-7-3-14(21)4-8-16)12-19(20-13)24-17-9-5-15(22)6-10-17/h3-12,21-22H,2H2,1H3. The second kappa shape index (κ2) is 6.91. The maximum absolute atomic E-state index is 9.33. The summed E-state index contributed by atoms with van der Waals surface area (Å²) in [7, 11) is 0. The molecule has 0 fully saturated rings. The average Bonchev–Trinajstić information content (AvgIpc) is 2.59. The van der Waals surface area contributed by atoms with Gasteiger partial charge in [-0.05, 0) is 55.0 Å². The Morgan fingerprint density at radius 2 is 1.29 bits per heavy atom. The van der Waals surface area contributed by atoms with Gasteiger partial charge < -0.3 is 19.7 Å². The van der Waals surface area contributed by atoms with Gasteiger partial charge in [-0.1, -0.05) is 6.92 Å². The van der Waals surface area contributed by atoms with Gasteiger partial charge in [-0.25, -0.2) is 4.98 Å². The predicted octanol–water partition coefficient (Wildman–Crippen LogP) is 4.64. The number of hydrogen-bond donors (Lipinski definition) is 2. The summed E-state index contributed by atoms with van der Waals surface area (Å²) in [5.41, 5.74) is 0.833. The number of aryl methyl sites for hydroxylation is 1. The van der Waals surface area contributed by atoms with Crippen molar-refractivity contribution in [3.05, 3.63) is 66.4 Å². The molecule has 5 nitrogen and oxygen atoms in total. The highest BCUT2D eigenvalue weighted by atomic mass is 16.5. The zero-order valence-corrected chi connectivity index (χ0v) is 13.1. The fourth-order valence-electron chi connectivity index (χ4n) is 2.11. The average molecular weight is 323 g/mol. The summed E-state index contributed by atoms with van der Waals surface area (Å²) in [5.74, 6) is 2.55. The van der Waals surface area contributed by atoms with Crippen LogP contribution in [0.15, 0.2) is 60.7 Å². The van der Waals surface area contributed by atoms with E-state index in [1.807, 2.05) is 13.0 Å². The minimum atomic E-state index is 0.175. The van der Waals surface area contributed by atoms with Crippen LogP contribution in [0.2, 0.25) is 0 Å². The fraction of sp³-hybridized carbons (Fsp3) is 0.105. The Morgan fingerprint density at radius 3 is 1.83 bits per heavy atom. The van der Waals surface area contributed by atoms with E-state index in [0.717, 1.165) is 12.1 Å². The molecule has 122 valence electrons. The molecule has 0 amide bonds. The van der Waals surface area contributed by atoms with Gasteiger partial charge in [-0.3, -0.25) is 0 Å². The lowest BCUT2D eigenvalue weighted by Gasteiger charge is -2.11. The first-order valence-corrected chi connectivity index (χ1v) is 7.57. The summed E-state index contributed by atoms with van der Waals surface area (Å²) in [5, 5.41) is 18.7. The topological polar surface area (TPSA) is 71.8 Å². The van der Waals surface area contributed by atoms with Crippen molar-refractivity contribution in [2.45, 2.75) is 13.3 Å². The van der Waals surface area contributed by atoms with Crippen LogP contribution >= 0.6 is 0 Å². The summed E-state index contributed by atoms with van der Waals surface area (Å²) in [6, 6.07) is 16.4. The molecule has 0 aliphatic heterocycles. The van der Waals surface area contributed by atoms with Crippen LogP contribution in [0.4, 0.5) is 0 Å². The fourth-order valence-corrected chi connectivity index (χ4v) is 2.11. The van der Waals surface area contributed by atoms with Crippen LogP contribution in [0.1, 0.15) is 12.6 Å². The predicted molar refractivity (Wildman–Crippen MR) is 90.0 cm³/mol. The molecule has 2 N–H and O–H groups in total. The van der Waals surface area contributed by atoms with E-state index in [1.54, 1.807) is 54.6 Å². The lowest BCUT2D eigenvalue weighted by molar-refractivity contribution is 0.438. The van der Waals surface area contributed by atoms with E-state index < -0.39 is 0 Å². The maximum atomic E-state index is 9.33. The van der Waals surface area contributed by atoms with Gasteiger partial charge in [-0.15, -0.1) is 0 Å². The summed E-state index contributed by atoms with van der Waals surface area (Å²) in [6.07, 6.45) is 0.735. The Kier molecular flexibility index (Phi) is 4.52. The van der Waals surface area contributed by atoms with Crippen LogP contribution in [0, 0.1) is 0 Å². The quantitative estimate of drug-likeness (QED) is 0.715. The smallest absolute Gasteiger partial charge is 0.223 e. The molecule has 0 spiro atoms. The molecule has 0 unspecified atom stereocenters. The Hall–Kier alpha value is -3.21. The Morgan fingerprint density at radius 1 is 0.750 bits per heavy atom. The highest BCUT2D eigenvalue weighted by molar-refractivity contribution is 5.39. The number of benzene rings is 2. The molecular formula is C19H17NO4. The first-order chi connectivity index (χ1) is 11.6. The molecule has 1 heterocycles. The zero-order chi connectivity index (χ0) is 16.9. The normalized spacial score (nSPS) is 10.4. The van der Waals surface area contributed by atoms with Gasteiger partial charge in [0.1, 0.15) is 28.7 Å². The van der Waals surface area contributed by atoms with Crippen LogP contribution in [-0.2, 0) is 6.42 Å². The molecule has 0 saturated heterocycles. The van der Waals surface area contributed by atoms with Crippen molar-refractivity contribution in [2.75, 3.05) is 0 Å². The van der Waals surface area contributed by atoms with E-state index in [-0.39, 0.29) is 11.5 Å². The van der Waals surface area contributed by atoms with Crippen LogP contribution < -0.4 is 9.47 Å². The Bertz CT molecular complexity index is 748. The number of hydrogen-bond acceptors (Lipinski definition) is 5. The largest absolute Gasteiger partial charge is 0.508 e. The van der Waals surface area contributed by atoms with Gasteiger partial charge >= 0.3 is 0 Å². The molecule has 2 aromatic carbocycles. The number of phenols is 2. The van der Waals surface area contributed by atoms with Crippen molar-refractivity contribution in [3.63, 3.8) is 0 Å². The lowest BCUT2D eigenvalue weighted by atomic mass is 10.2. The van der Waals surface area contributed by atoms with Crippen LogP contribution in [0.5, 0.6) is 34.6 Å². The monoisotopic (exact) mass is 323 g/mol. The van der Waals surface area contributed by atoms with E-state index in [9.17, 15) is 10.2 Å². The lowest BCUT2D eigenvalue weighted by Crippen LogP contribution is -1.95. The van der Waals surface area contributed by atoms with Crippen molar-refractivity contribution in [1.29, 1.82) is 0 Å². The van der Waals surface area contributed by atoms with Crippen molar-refractivity contribution in [3.8, 4) is 34.6 Å². The molecule has 0 saturated carbocycles. The number of phenolic OH excluding ortho intramolecular Hbond substituents is 2. The van der Waals surface area contributed by atoms with Gasteiger partial charge in [-0.2, -0.15) is 0 Å². The third-order valence-corrected chi connectivity index (χ3v) is 3.32. The molecule has 0 aliphatic carbocycles. The second-order valence-corrected chi connectivity index (χ2v) is 5.18. The number of pyridine rings is 1. The minimum Gasteiger partial charge on any atom is -0.508 e. The Labute approximate surface area is 139 Å². The van der Waals surface area contributed by atoms with Gasteiger partial charge in [0.15, 0.2) is 0 Å². The molecule has 5 heteroatoms. The van der Waals surface area contributed by atoms with E-state index in [4.69, 9.17) is 9.47 Å². The molecule has 0 radical (unpaired) electrons. The molecule has 3 aromatic rings. The first kappa shape index (κ1) is 15.7. The van der Waals surface area contributed by atoms with Gasteiger partial charge in [0.2, 0.25) is 5.88 Å². The summed E-state index contributed by atoms with van der Waals surface area (Å²) < 4.78 is 11.5. The highest BCUT2D eigenvalue weighted by Crippen LogP contribution is 2.29. The minimum absolute atomic E-state index is 0.175. The van der Waals surface area contributed by atoms with E-state index >= 15 is 0 Å². The SMILES string of the molecule is CCc1cc(Oc2ccc(O)cc2)cc(Oc2ccc(O)cc2)n1. The second-order valence-electron chi connectivity index (χ2n) is 5.18. The highest BCUT2D eigenvalue weighted by Gasteiger charge is 2.07. The van der Waals surface area contributed by atoms with Crippen molar-refractivity contribution in [1.82, 2.24) is 4.98 Å². The van der Waals surface area contributed by atoms with Crippen LogP contribution in [0.3, 0.4) is 0 Å². The third kappa shape index (κ3) is 3.95.